The van der Waals surface area contributed by atoms with Gasteiger partial charge >= 0.3 is 0 Å². The van der Waals surface area contributed by atoms with Crippen LogP contribution in [0.25, 0.3) is 0 Å². The number of aromatic nitrogens is 3. The van der Waals surface area contributed by atoms with Crippen LogP contribution in [0.3, 0.4) is 0 Å². The van der Waals surface area contributed by atoms with E-state index in [9.17, 15) is 0 Å². The Bertz CT molecular complexity index is 469. The number of nitrogens with zero attached hydrogens (tertiary/aromatic N) is 5. The fraction of sp³-hybridized carbons (Fsp3) is 0.786. The second-order valence-corrected chi connectivity index (χ2v) is 6.04. The number of hydrogen-bond acceptors (Lipinski definition) is 6. The zero-order chi connectivity index (χ0) is 14.1. The molecule has 0 bridgehead atoms. The summed E-state index contributed by atoms with van der Waals surface area (Å²) in [6.45, 7) is 8.24. The molecule has 2 aliphatic rings. The summed E-state index contributed by atoms with van der Waals surface area (Å²) in [7, 11) is 0. The lowest BCUT2D eigenvalue weighted by molar-refractivity contribution is 0.163. The smallest absolute Gasteiger partial charge is 0.245 e. The van der Waals surface area contributed by atoms with Gasteiger partial charge in [-0.25, -0.2) is 4.98 Å². The van der Waals surface area contributed by atoms with Crippen molar-refractivity contribution in [2.45, 2.75) is 45.2 Å². The minimum Gasteiger partial charge on any atom is -0.338 e. The first-order valence-electron chi connectivity index (χ1n) is 7.56. The molecule has 2 N–H and O–H groups in total. The van der Waals surface area contributed by atoms with Crippen molar-refractivity contribution in [3.8, 4) is 0 Å². The van der Waals surface area contributed by atoms with Crippen molar-refractivity contribution in [3.63, 3.8) is 0 Å². The normalized spacial score (nSPS) is 25.4. The Kier molecular flexibility index (Phi) is 3.85. The van der Waals surface area contributed by atoms with Crippen LogP contribution >= 0.6 is 0 Å². The highest BCUT2D eigenvalue weighted by atomic mass is 15.4. The van der Waals surface area contributed by atoms with E-state index in [1.165, 1.54) is 6.42 Å². The van der Waals surface area contributed by atoms with Crippen molar-refractivity contribution in [1.82, 2.24) is 20.1 Å². The number of aryl methyl sites for hydroxylation is 2. The molecule has 0 aromatic carbocycles. The fourth-order valence-electron chi connectivity index (χ4n) is 3.09. The number of anilines is 1. The average molecular weight is 276 g/mol. The molecule has 1 unspecified atom stereocenters. The fourth-order valence-corrected chi connectivity index (χ4v) is 3.09. The van der Waals surface area contributed by atoms with Gasteiger partial charge in [0.1, 0.15) is 0 Å². The van der Waals surface area contributed by atoms with E-state index in [1.807, 2.05) is 13.8 Å². The number of hydrogen-bond donors (Lipinski definition) is 1. The molecule has 0 saturated carbocycles. The second kappa shape index (κ2) is 5.61. The molecule has 110 valence electrons. The number of rotatable bonds is 2. The third-order valence-corrected chi connectivity index (χ3v) is 4.62. The SMILES string of the molecule is Cc1nnc(N2CCC(N3CCC(N)CC3)C2)nc1C. The van der Waals surface area contributed by atoms with E-state index in [0.717, 1.165) is 56.4 Å². The van der Waals surface area contributed by atoms with E-state index in [1.54, 1.807) is 0 Å². The van der Waals surface area contributed by atoms with Gasteiger partial charge < -0.3 is 10.6 Å². The van der Waals surface area contributed by atoms with Gasteiger partial charge in [0.2, 0.25) is 5.95 Å². The maximum absolute atomic E-state index is 5.98. The summed E-state index contributed by atoms with van der Waals surface area (Å²) in [5, 5.41) is 8.43. The first-order valence-corrected chi connectivity index (χ1v) is 7.56. The number of nitrogens with two attached hydrogens (primary N) is 1. The van der Waals surface area contributed by atoms with E-state index in [2.05, 4.69) is 25.0 Å². The molecule has 0 aliphatic carbocycles. The molecule has 3 rings (SSSR count). The van der Waals surface area contributed by atoms with E-state index in [0.29, 0.717) is 12.1 Å². The summed E-state index contributed by atoms with van der Waals surface area (Å²) in [5.74, 6) is 0.782. The second-order valence-electron chi connectivity index (χ2n) is 6.04. The average Bonchev–Trinajstić information content (AvgIpc) is 2.92. The molecule has 0 amide bonds. The Morgan fingerprint density at radius 1 is 1.00 bits per heavy atom. The lowest BCUT2D eigenvalue weighted by Crippen LogP contribution is -2.46. The predicted octanol–water partition coefficient (Wildman–Crippen LogP) is 0.490. The van der Waals surface area contributed by atoms with Gasteiger partial charge in [0.15, 0.2) is 0 Å². The Morgan fingerprint density at radius 3 is 2.45 bits per heavy atom. The molecule has 0 radical (unpaired) electrons. The van der Waals surface area contributed by atoms with Crippen LogP contribution in [-0.2, 0) is 0 Å². The molecule has 20 heavy (non-hydrogen) atoms. The lowest BCUT2D eigenvalue weighted by Gasteiger charge is -2.34. The van der Waals surface area contributed by atoms with Crippen LogP contribution in [0.15, 0.2) is 0 Å². The molecule has 6 nitrogen and oxygen atoms in total. The maximum Gasteiger partial charge on any atom is 0.245 e. The highest BCUT2D eigenvalue weighted by molar-refractivity contribution is 5.32. The van der Waals surface area contributed by atoms with Gasteiger partial charge in [0.25, 0.3) is 0 Å². The topological polar surface area (TPSA) is 71.2 Å². The van der Waals surface area contributed by atoms with Crippen LogP contribution in [0.5, 0.6) is 0 Å². The maximum atomic E-state index is 5.98. The van der Waals surface area contributed by atoms with Crippen molar-refractivity contribution in [2.75, 3.05) is 31.1 Å². The van der Waals surface area contributed by atoms with Crippen molar-refractivity contribution >= 4 is 5.95 Å². The third kappa shape index (κ3) is 2.76. The first kappa shape index (κ1) is 13.7. The van der Waals surface area contributed by atoms with Gasteiger partial charge in [-0.2, -0.15) is 5.10 Å². The predicted molar refractivity (Wildman–Crippen MR) is 78.7 cm³/mol. The van der Waals surface area contributed by atoms with Gasteiger partial charge in [0.05, 0.1) is 11.4 Å². The molecule has 0 spiro atoms. The molecule has 2 saturated heterocycles. The molecule has 2 aliphatic heterocycles. The lowest BCUT2D eigenvalue weighted by atomic mass is 10.0. The summed E-state index contributed by atoms with van der Waals surface area (Å²) in [6.07, 6.45) is 3.43. The van der Waals surface area contributed by atoms with Crippen molar-refractivity contribution < 1.29 is 0 Å². The van der Waals surface area contributed by atoms with Crippen LogP contribution in [0.2, 0.25) is 0 Å². The highest BCUT2D eigenvalue weighted by Gasteiger charge is 2.31. The summed E-state index contributed by atoms with van der Waals surface area (Å²) in [5.41, 5.74) is 7.87. The molecule has 1 atom stereocenters. The molecule has 1 aromatic heterocycles. The standard InChI is InChI=1S/C14H24N6/c1-10-11(2)17-18-14(16-10)20-8-5-13(9-20)19-6-3-12(15)4-7-19/h12-13H,3-9,15H2,1-2H3. The van der Waals surface area contributed by atoms with Crippen LogP contribution in [-0.4, -0.2) is 58.3 Å². The zero-order valence-corrected chi connectivity index (χ0v) is 12.4. The van der Waals surface area contributed by atoms with Crippen molar-refractivity contribution in [2.24, 2.45) is 5.73 Å². The van der Waals surface area contributed by atoms with E-state index >= 15 is 0 Å². The summed E-state index contributed by atoms with van der Waals surface area (Å²) in [4.78, 5) is 9.40. The first-order chi connectivity index (χ1) is 9.63. The monoisotopic (exact) mass is 276 g/mol. The van der Waals surface area contributed by atoms with Crippen LogP contribution in [0.4, 0.5) is 5.95 Å². The number of likely N-dealkylation sites (tertiary alicyclic amines) is 1. The van der Waals surface area contributed by atoms with Crippen LogP contribution in [0, 0.1) is 13.8 Å². The van der Waals surface area contributed by atoms with Gasteiger partial charge in [-0.3, -0.25) is 4.90 Å². The van der Waals surface area contributed by atoms with Crippen LogP contribution < -0.4 is 10.6 Å². The van der Waals surface area contributed by atoms with Gasteiger partial charge in [0, 0.05) is 25.2 Å². The van der Waals surface area contributed by atoms with Crippen molar-refractivity contribution in [1.29, 1.82) is 0 Å². The highest BCUT2D eigenvalue weighted by Crippen LogP contribution is 2.22. The van der Waals surface area contributed by atoms with Crippen molar-refractivity contribution in [3.05, 3.63) is 11.4 Å². The molecule has 1 aromatic rings. The van der Waals surface area contributed by atoms with Gasteiger partial charge in [-0.15, -0.1) is 5.10 Å². The quantitative estimate of drug-likeness (QED) is 0.847. The molecule has 2 fully saturated rings. The minimum atomic E-state index is 0.399. The molecule has 3 heterocycles. The summed E-state index contributed by atoms with van der Waals surface area (Å²) in [6, 6.07) is 1.02. The Balaban J connectivity index is 1.63. The number of piperidine rings is 1. The Hall–Kier alpha value is -1.27. The Morgan fingerprint density at radius 2 is 1.75 bits per heavy atom. The molecular formula is C14H24N6. The summed E-state index contributed by atoms with van der Waals surface area (Å²) >= 11 is 0. The van der Waals surface area contributed by atoms with Gasteiger partial charge in [-0.1, -0.05) is 0 Å². The molecule has 6 heteroatoms. The Labute approximate surface area is 120 Å². The van der Waals surface area contributed by atoms with Gasteiger partial charge in [-0.05, 0) is 46.2 Å². The van der Waals surface area contributed by atoms with E-state index < -0.39 is 0 Å². The summed E-state index contributed by atoms with van der Waals surface area (Å²) < 4.78 is 0. The van der Waals surface area contributed by atoms with Crippen LogP contribution in [0.1, 0.15) is 30.7 Å². The van der Waals surface area contributed by atoms with E-state index in [-0.39, 0.29) is 0 Å². The zero-order valence-electron chi connectivity index (χ0n) is 12.4. The largest absolute Gasteiger partial charge is 0.338 e. The molecular weight excluding hydrogens is 252 g/mol. The van der Waals surface area contributed by atoms with E-state index in [4.69, 9.17) is 5.73 Å². The third-order valence-electron chi connectivity index (χ3n) is 4.62. The minimum absolute atomic E-state index is 0.399.